The summed E-state index contributed by atoms with van der Waals surface area (Å²) in [6, 6.07) is 0. The highest BCUT2D eigenvalue weighted by Crippen LogP contribution is 2.38. The molecule has 3 heterocycles. The first-order valence-electron chi connectivity index (χ1n) is 18.0. The maximum atomic E-state index is 13.3. The summed E-state index contributed by atoms with van der Waals surface area (Å²) in [4.78, 5) is 30.2. The molecule has 48 heavy (non-hydrogen) atoms. The van der Waals surface area contributed by atoms with Gasteiger partial charge in [-0.05, 0) is 70.4 Å². The fourth-order valence-electron chi connectivity index (χ4n) is 6.76. The predicted molar refractivity (Wildman–Crippen MR) is 182 cm³/mol. The molecular weight excluding hydrogens is 616 g/mol. The van der Waals surface area contributed by atoms with Gasteiger partial charge in [0.15, 0.2) is 6.10 Å². The first-order chi connectivity index (χ1) is 22.6. The molecule has 0 aromatic heterocycles. The normalized spacial score (nSPS) is 35.2. The Bertz CT molecular complexity index is 1170. The Labute approximate surface area is 286 Å². The van der Waals surface area contributed by atoms with E-state index < -0.39 is 47.7 Å². The molecule has 10 unspecified atom stereocenters. The topological polar surface area (TPSA) is 153 Å². The molecular formula is C37H60N2O9. The zero-order chi connectivity index (χ0) is 35.2. The van der Waals surface area contributed by atoms with Gasteiger partial charge < -0.3 is 39.5 Å². The van der Waals surface area contributed by atoms with Gasteiger partial charge in [0, 0.05) is 51.0 Å². The molecule has 272 valence electrons. The molecule has 11 nitrogen and oxygen atoms in total. The standard InChI is InChI=1S/C37H60N2O9/c1-7-29(41)26(4)34-30(46-34)22-36(5,44)15-8-9-24(2)33-25(3)10-13-31(37(6,45)16-14-28(40)21-32(42)48-33)47-35(43)39-19-17-38(18-20-39)23-27-11-12-27/h8-10,13,15,25-31,33-34,40-41,44-45H,7,11-12,14,16-23H2,1-6H3. The number of cyclic esters (lactones) is 1. The molecule has 4 aliphatic rings. The van der Waals surface area contributed by atoms with Gasteiger partial charge in [0.05, 0.1) is 36.4 Å². The van der Waals surface area contributed by atoms with Crippen molar-refractivity contribution in [2.75, 3.05) is 32.7 Å². The smallest absolute Gasteiger partial charge is 0.410 e. The number of esters is 1. The average molecular weight is 677 g/mol. The summed E-state index contributed by atoms with van der Waals surface area (Å²) >= 11 is 0. The van der Waals surface area contributed by atoms with Crippen molar-refractivity contribution in [3.05, 3.63) is 36.0 Å². The van der Waals surface area contributed by atoms with E-state index in [9.17, 15) is 30.0 Å². The Kier molecular flexibility index (Phi) is 13.3. The summed E-state index contributed by atoms with van der Waals surface area (Å²) in [5.41, 5.74) is -1.92. The molecule has 0 aromatic rings. The maximum Gasteiger partial charge on any atom is 0.410 e. The van der Waals surface area contributed by atoms with Crippen LogP contribution in [0, 0.1) is 17.8 Å². The van der Waals surface area contributed by atoms with Crippen LogP contribution in [-0.2, 0) is 19.0 Å². The summed E-state index contributed by atoms with van der Waals surface area (Å²) < 4.78 is 17.5. The molecule has 0 bridgehead atoms. The van der Waals surface area contributed by atoms with E-state index >= 15 is 0 Å². The zero-order valence-electron chi connectivity index (χ0n) is 29.8. The third kappa shape index (κ3) is 11.4. The van der Waals surface area contributed by atoms with Crippen molar-refractivity contribution in [3.63, 3.8) is 0 Å². The van der Waals surface area contributed by atoms with Gasteiger partial charge in [-0.1, -0.05) is 45.1 Å². The van der Waals surface area contributed by atoms with Crippen LogP contribution in [0.25, 0.3) is 0 Å². The molecule has 0 spiro atoms. The maximum absolute atomic E-state index is 13.3. The van der Waals surface area contributed by atoms with Crippen molar-refractivity contribution in [2.45, 2.75) is 134 Å². The second-order valence-electron chi connectivity index (χ2n) is 15.2. The number of ether oxygens (including phenoxy) is 3. The van der Waals surface area contributed by atoms with Crippen LogP contribution in [-0.4, -0.2) is 123 Å². The number of nitrogens with zero attached hydrogens (tertiary/aromatic N) is 2. The molecule has 3 aliphatic heterocycles. The molecule has 11 heteroatoms. The lowest BCUT2D eigenvalue weighted by molar-refractivity contribution is -0.151. The van der Waals surface area contributed by atoms with E-state index in [1.54, 1.807) is 49.1 Å². The number of piperazine rings is 1. The lowest BCUT2D eigenvalue weighted by Gasteiger charge is -2.37. The molecule has 0 aromatic carbocycles. The highest BCUT2D eigenvalue weighted by Gasteiger charge is 2.47. The Morgan fingerprint density at radius 3 is 2.54 bits per heavy atom. The highest BCUT2D eigenvalue weighted by atomic mass is 16.6. The molecule has 1 amide bonds. The van der Waals surface area contributed by atoms with Gasteiger partial charge in [0.25, 0.3) is 0 Å². The van der Waals surface area contributed by atoms with E-state index in [-0.39, 0.29) is 43.3 Å². The Morgan fingerprint density at radius 1 is 1.21 bits per heavy atom. The summed E-state index contributed by atoms with van der Waals surface area (Å²) in [5, 5.41) is 43.2. The van der Waals surface area contributed by atoms with Crippen molar-refractivity contribution in [2.24, 2.45) is 17.8 Å². The molecule has 4 rings (SSSR count). The quantitative estimate of drug-likeness (QED) is 0.110. The minimum absolute atomic E-state index is 0.00934. The van der Waals surface area contributed by atoms with E-state index in [0.29, 0.717) is 31.5 Å². The van der Waals surface area contributed by atoms with Gasteiger partial charge in [-0.15, -0.1) is 0 Å². The van der Waals surface area contributed by atoms with E-state index in [4.69, 9.17) is 14.2 Å². The molecule has 10 atom stereocenters. The van der Waals surface area contributed by atoms with E-state index in [1.807, 2.05) is 27.7 Å². The predicted octanol–water partition coefficient (Wildman–Crippen LogP) is 3.74. The lowest BCUT2D eigenvalue weighted by Crippen LogP contribution is -2.51. The number of aliphatic hydroxyl groups excluding tert-OH is 2. The number of epoxide rings is 1. The first-order valence-corrected chi connectivity index (χ1v) is 18.0. The Hall–Kier alpha value is -2.28. The first kappa shape index (κ1) is 38.5. The summed E-state index contributed by atoms with van der Waals surface area (Å²) in [6.07, 6.45) is 8.40. The van der Waals surface area contributed by atoms with E-state index in [0.717, 1.165) is 25.6 Å². The van der Waals surface area contributed by atoms with Gasteiger partial charge in [-0.2, -0.15) is 0 Å². The number of carbonyl (C=O) groups is 2. The second kappa shape index (κ2) is 16.6. The Morgan fingerprint density at radius 2 is 1.90 bits per heavy atom. The number of aliphatic hydroxyl groups is 4. The molecule has 2 saturated heterocycles. The van der Waals surface area contributed by atoms with Crippen LogP contribution >= 0.6 is 0 Å². The minimum Gasteiger partial charge on any atom is -0.457 e. The number of allylic oxidation sites excluding steroid dienone is 2. The summed E-state index contributed by atoms with van der Waals surface area (Å²) in [5.74, 6) is -0.146. The highest BCUT2D eigenvalue weighted by molar-refractivity contribution is 5.70. The number of carbonyl (C=O) groups excluding carboxylic acids is 2. The van der Waals surface area contributed by atoms with Crippen LogP contribution in [0.3, 0.4) is 0 Å². The minimum atomic E-state index is -1.48. The van der Waals surface area contributed by atoms with Gasteiger partial charge in [-0.3, -0.25) is 9.69 Å². The third-order valence-electron chi connectivity index (χ3n) is 10.4. The molecule has 3 fully saturated rings. The van der Waals surface area contributed by atoms with Crippen LogP contribution in [0.15, 0.2) is 36.0 Å². The monoisotopic (exact) mass is 676 g/mol. The van der Waals surface area contributed by atoms with Crippen LogP contribution in [0.4, 0.5) is 4.79 Å². The number of amides is 1. The number of rotatable bonds is 11. The average Bonchev–Trinajstić information content (AvgIpc) is 3.97. The van der Waals surface area contributed by atoms with Crippen LogP contribution in [0.1, 0.15) is 86.5 Å². The van der Waals surface area contributed by atoms with E-state index in [2.05, 4.69) is 4.90 Å². The van der Waals surface area contributed by atoms with Gasteiger partial charge in [0.1, 0.15) is 11.7 Å². The van der Waals surface area contributed by atoms with Crippen molar-refractivity contribution in [1.29, 1.82) is 0 Å². The molecule has 0 radical (unpaired) electrons. The van der Waals surface area contributed by atoms with Crippen LogP contribution in [0.5, 0.6) is 0 Å². The van der Waals surface area contributed by atoms with Crippen LogP contribution < -0.4 is 0 Å². The second-order valence-corrected chi connectivity index (χ2v) is 15.2. The summed E-state index contributed by atoms with van der Waals surface area (Å²) in [6.45, 7) is 14.7. The number of hydrogen-bond acceptors (Lipinski definition) is 10. The van der Waals surface area contributed by atoms with Gasteiger partial charge in [0.2, 0.25) is 0 Å². The van der Waals surface area contributed by atoms with Crippen LogP contribution in [0.2, 0.25) is 0 Å². The zero-order valence-corrected chi connectivity index (χ0v) is 29.8. The fourth-order valence-corrected chi connectivity index (χ4v) is 6.76. The lowest BCUT2D eigenvalue weighted by atomic mass is 9.88. The van der Waals surface area contributed by atoms with Gasteiger partial charge >= 0.3 is 12.1 Å². The summed E-state index contributed by atoms with van der Waals surface area (Å²) in [7, 11) is 0. The largest absolute Gasteiger partial charge is 0.457 e. The van der Waals surface area contributed by atoms with E-state index in [1.165, 1.54) is 12.8 Å². The Balaban J connectivity index is 1.42. The van der Waals surface area contributed by atoms with Crippen molar-refractivity contribution >= 4 is 12.1 Å². The molecule has 1 aliphatic carbocycles. The SMILES string of the molecule is CCC(O)C(C)C1OC1CC(C)(O)C=CC=C(C)C1OC(=O)CC(O)CCC(C)(O)C(OC(=O)N2CCN(CC3CC3)CC2)C=CC1C. The third-order valence-corrected chi connectivity index (χ3v) is 10.4. The van der Waals surface area contributed by atoms with Crippen molar-refractivity contribution in [1.82, 2.24) is 9.80 Å². The van der Waals surface area contributed by atoms with Crippen molar-refractivity contribution in [3.8, 4) is 0 Å². The van der Waals surface area contributed by atoms with Crippen molar-refractivity contribution < 1.29 is 44.2 Å². The number of hydrogen-bond donors (Lipinski definition) is 4. The fraction of sp³-hybridized carbons (Fsp3) is 0.784. The molecule has 1 saturated carbocycles. The van der Waals surface area contributed by atoms with Gasteiger partial charge in [-0.25, -0.2) is 4.79 Å². The molecule has 4 N–H and O–H groups in total.